The average Bonchev–Trinajstić information content (AvgIpc) is 2.86. The summed E-state index contributed by atoms with van der Waals surface area (Å²) in [7, 11) is 3.73. The molecule has 3 aromatic rings. The molecule has 0 fully saturated rings. The topological polar surface area (TPSA) is 66.8 Å². The largest absolute Gasteiger partial charge is 0.394 e. The minimum Gasteiger partial charge on any atom is -0.394 e. The molecule has 0 spiro atoms. The van der Waals surface area contributed by atoms with E-state index in [-0.39, 0.29) is 0 Å². The normalized spacial score (nSPS) is 12.9. The van der Waals surface area contributed by atoms with Crippen molar-refractivity contribution in [2.24, 2.45) is 0 Å². The summed E-state index contributed by atoms with van der Waals surface area (Å²) in [6.45, 7) is 0. The first-order valence-electron chi connectivity index (χ1n) is 6.24. The van der Waals surface area contributed by atoms with Crippen LogP contribution in [0.5, 0.6) is 0 Å². The molecular formula is C13H10BN6. The lowest BCUT2D eigenvalue weighted by atomic mass is 10.1. The van der Waals surface area contributed by atoms with Crippen molar-refractivity contribution < 1.29 is 0 Å². The van der Waals surface area contributed by atoms with Crippen LogP contribution < -0.4 is 10.0 Å². The lowest BCUT2D eigenvalue weighted by Gasteiger charge is -2.09. The van der Waals surface area contributed by atoms with Gasteiger partial charge in [-0.3, -0.25) is 0 Å². The number of rotatable bonds is 1. The fourth-order valence-electron chi connectivity index (χ4n) is 2.24. The van der Waals surface area contributed by atoms with Gasteiger partial charge in [0.05, 0.1) is 0 Å². The van der Waals surface area contributed by atoms with Crippen LogP contribution in [0.25, 0.3) is 22.4 Å². The molecule has 1 aliphatic rings. The molecule has 0 aliphatic carbocycles. The molecular weight excluding hydrogens is 251 g/mol. The van der Waals surface area contributed by atoms with E-state index in [1.165, 1.54) is 6.33 Å². The molecule has 6 nitrogen and oxygen atoms in total. The van der Waals surface area contributed by atoms with E-state index in [4.69, 9.17) is 0 Å². The molecule has 1 N–H and O–H groups in total. The molecule has 4 rings (SSSR count). The minimum absolute atomic E-state index is 0.599. The lowest BCUT2D eigenvalue weighted by molar-refractivity contribution is 1.14. The molecule has 0 unspecified atom stereocenters. The van der Waals surface area contributed by atoms with Gasteiger partial charge < -0.3 is 10.0 Å². The van der Waals surface area contributed by atoms with Gasteiger partial charge in [-0.2, -0.15) is 0 Å². The van der Waals surface area contributed by atoms with Crippen LogP contribution in [0.4, 0.5) is 11.6 Å². The second-order valence-electron chi connectivity index (χ2n) is 4.54. The standard InChI is InChI=1S/C13H10BN6/c1-20-13-12(19-14-20)17-10-9(8-5-3-2-4-6-8)15-7-16-11(10)18-13/h2-7H,1H3,(H,17,19). The predicted molar refractivity (Wildman–Crippen MR) is 78.3 cm³/mol. The molecule has 1 radical (unpaired) electrons. The van der Waals surface area contributed by atoms with Gasteiger partial charge in [-0.15, -0.1) is 0 Å². The van der Waals surface area contributed by atoms with Gasteiger partial charge in [-0.05, 0) is 7.05 Å². The second-order valence-corrected chi connectivity index (χ2v) is 4.54. The molecule has 0 saturated heterocycles. The highest BCUT2D eigenvalue weighted by Gasteiger charge is 2.22. The number of hydrogen-bond donors (Lipinski definition) is 1. The summed E-state index contributed by atoms with van der Waals surface area (Å²) in [5.41, 5.74) is 3.10. The molecule has 1 aliphatic heterocycles. The number of hydrogen-bond acceptors (Lipinski definition) is 6. The van der Waals surface area contributed by atoms with Crippen LogP contribution in [0.15, 0.2) is 36.7 Å². The monoisotopic (exact) mass is 261 g/mol. The van der Waals surface area contributed by atoms with Gasteiger partial charge in [0.15, 0.2) is 17.3 Å². The second kappa shape index (κ2) is 4.16. The van der Waals surface area contributed by atoms with Gasteiger partial charge in [0.2, 0.25) is 0 Å². The van der Waals surface area contributed by atoms with Gasteiger partial charge in [-0.1, -0.05) is 30.3 Å². The van der Waals surface area contributed by atoms with Crippen molar-refractivity contribution in [3.63, 3.8) is 0 Å². The van der Waals surface area contributed by atoms with Gasteiger partial charge in [0.1, 0.15) is 17.5 Å². The first kappa shape index (κ1) is 11.2. The van der Waals surface area contributed by atoms with Crippen molar-refractivity contribution in [3.8, 4) is 11.3 Å². The third-order valence-corrected chi connectivity index (χ3v) is 3.23. The zero-order chi connectivity index (χ0) is 13.5. The summed E-state index contributed by atoms with van der Waals surface area (Å²) >= 11 is 0. The Morgan fingerprint density at radius 1 is 1.10 bits per heavy atom. The van der Waals surface area contributed by atoms with Crippen molar-refractivity contribution in [2.45, 2.75) is 0 Å². The van der Waals surface area contributed by atoms with Crippen molar-refractivity contribution >= 4 is 30.3 Å². The van der Waals surface area contributed by atoms with Crippen molar-refractivity contribution in [2.75, 3.05) is 17.1 Å². The van der Waals surface area contributed by atoms with Crippen LogP contribution in [-0.2, 0) is 0 Å². The van der Waals surface area contributed by atoms with Gasteiger partial charge in [0, 0.05) is 5.56 Å². The van der Waals surface area contributed by atoms with Crippen LogP contribution in [0.1, 0.15) is 0 Å². The maximum absolute atomic E-state index is 4.61. The minimum atomic E-state index is 0.599. The Morgan fingerprint density at radius 3 is 2.80 bits per heavy atom. The maximum atomic E-state index is 4.61. The highest BCUT2D eigenvalue weighted by atomic mass is 15.3. The summed E-state index contributed by atoms with van der Waals surface area (Å²) in [6.07, 6.45) is 1.53. The molecule has 0 atom stereocenters. The van der Waals surface area contributed by atoms with E-state index in [9.17, 15) is 0 Å². The average molecular weight is 261 g/mol. The fourth-order valence-corrected chi connectivity index (χ4v) is 2.24. The summed E-state index contributed by atoms with van der Waals surface area (Å²) in [5, 5.41) is 3.09. The molecule has 3 heterocycles. The number of nitrogens with one attached hydrogen (secondary N) is 1. The smallest absolute Gasteiger partial charge is 0.391 e. The Balaban J connectivity index is 2.00. The van der Waals surface area contributed by atoms with E-state index in [1.807, 2.05) is 49.7 Å². The first-order chi connectivity index (χ1) is 9.83. The third-order valence-electron chi connectivity index (χ3n) is 3.23. The Hall–Kier alpha value is -2.70. The maximum Gasteiger partial charge on any atom is 0.391 e. The van der Waals surface area contributed by atoms with E-state index < -0.39 is 0 Å². The van der Waals surface area contributed by atoms with E-state index in [0.717, 1.165) is 22.9 Å². The van der Waals surface area contributed by atoms with Gasteiger partial charge in [0.25, 0.3) is 0 Å². The van der Waals surface area contributed by atoms with E-state index in [1.54, 1.807) is 0 Å². The molecule has 0 saturated carbocycles. The Labute approximate surface area is 116 Å². The zero-order valence-corrected chi connectivity index (χ0v) is 10.8. The molecule has 7 heteroatoms. The van der Waals surface area contributed by atoms with Gasteiger partial charge in [-0.25, -0.2) is 19.9 Å². The summed E-state index contributed by atoms with van der Waals surface area (Å²) < 4.78 is 0. The Morgan fingerprint density at radius 2 is 1.95 bits per heavy atom. The van der Waals surface area contributed by atoms with E-state index in [2.05, 4.69) is 25.2 Å². The number of anilines is 2. The molecule has 2 aromatic heterocycles. The van der Waals surface area contributed by atoms with Crippen molar-refractivity contribution in [1.29, 1.82) is 0 Å². The van der Waals surface area contributed by atoms with E-state index in [0.29, 0.717) is 11.2 Å². The Bertz CT molecular complexity index is 791. The highest BCUT2D eigenvalue weighted by molar-refractivity contribution is 6.49. The number of benzene rings is 1. The number of aromatic nitrogens is 4. The molecule has 20 heavy (non-hydrogen) atoms. The van der Waals surface area contributed by atoms with E-state index >= 15 is 0 Å². The quantitative estimate of drug-likeness (QED) is 0.669. The zero-order valence-electron chi connectivity index (χ0n) is 10.8. The summed E-state index contributed by atoms with van der Waals surface area (Å²) in [4.78, 5) is 19.6. The summed E-state index contributed by atoms with van der Waals surface area (Å²) in [5.74, 6) is 1.50. The van der Waals surface area contributed by atoms with Crippen molar-refractivity contribution in [3.05, 3.63) is 36.7 Å². The first-order valence-corrected chi connectivity index (χ1v) is 6.24. The van der Waals surface area contributed by atoms with Crippen LogP contribution in [-0.4, -0.2) is 34.5 Å². The van der Waals surface area contributed by atoms with Gasteiger partial charge >= 0.3 is 7.55 Å². The number of nitrogens with zero attached hydrogens (tertiary/aromatic N) is 5. The molecule has 0 amide bonds. The van der Waals surface area contributed by atoms with Crippen LogP contribution in [0.3, 0.4) is 0 Å². The van der Waals surface area contributed by atoms with Crippen LogP contribution in [0.2, 0.25) is 0 Å². The Kier molecular flexibility index (Phi) is 2.32. The molecule has 0 bridgehead atoms. The third kappa shape index (κ3) is 1.60. The molecule has 1 aromatic carbocycles. The fraction of sp³-hybridized carbons (Fsp3) is 0.0769. The summed E-state index contributed by atoms with van der Waals surface area (Å²) in [6, 6.07) is 9.93. The predicted octanol–water partition coefficient (Wildman–Crippen LogP) is 1.48. The van der Waals surface area contributed by atoms with Crippen molar-refractivity contribution in [1.82, 2.24) is 19.9 Å². The highest BCUT2D eigenvalue weighted by Crippen LogP contribution is 2.30. The molecule has 95 valence electrons. The number of fused-ring (bicyclic) bond motifs is 2. The SMILES string of the molecule is CN1[B]Nc2nc3c(-c4ccccc4)ncnc3nc21. The van der Waals surface area contributed by atoms with Crippen LogP contribution >= 0.6 is 0 Å². The van der Waals surface area contributed by atoms with Crippen LogP contribution in [0, 0.1) is 0 Å². The lowest BCUT2D eigenvalue weighted by Crippen LogP contribution is -2.21.